The van der Waals surface area contributed by atoms with E-state index in [1.807, 2.05) is 12.1 Å². The smallest absolute Gasteiger partial charge is 0.202 e. The van der Waals surface area contributed by atoms with Gasteiger partial charge in [-0.3, -0.25) is 4.90 Å². The van der Waals surface area contributed by atoms with Gasteiger partial charge in [0.15, 0.2) is 11.5 Å². The zero-order chi connectivity index (χ0) is 23.4. The highest BCUT2D eigenvalue weighted by molar-refractivity contribution is 5.88. The number of piperidine rings is 1. The van der Waals surface area contributed by atoms with Crippen LogP contribution < -0.4 is 4.74 Å². The van der Waals surface area contributed by atoms with Crippen LogP contribution in [-0.2, 0) is 11.8 Å². The van der Waals surface area contributed by atoms with Gasteiger partial charge in [-0.25, -0.2) is 4.39 Å². The lowest BCUT2D eigenvalue weighted by atomic mass is 9.48. The average molecular weight is 463 g/mol. The van der Waals surface area contributed by atoms with E-state index in [9.17, 15) is 19.7 Å². The number of phenolic OH excluding ortho intramolecular Hbond substituents is 1. The first-order chi connectivity index (χ1) is 16.4. The third-order valence-electron chi connectivity index (χ3n) is 9.05. The molecule has 176 valence electrons. The maximum absolute atomic E-state index is 14.6. The summed E-state index contributed by atoms with van der Waals surface area (Å²) in [6, 6.07) is 7.97. The van der Waals surface area contributed by atoms with Crippen molar-refractivity contribution in [2.24, 2.45) is 0 Å². The first-order valence-electron chi connectivity index (χ1n) is 12.0. The number of benzene rings is 2. The number of fused-ring (bicyclic) bond motifs is 1. The van der Waals surface area contributed by atoms with Crippen LogP contribution >= 0.6 is 0 Å². The Hall–Kier alpha value is -3.03. The Labute approximate surface area is 196 Å². The van der Waals surface area contributed by atoms with Gasteiger partial charge in [0.1, 0.15) is 11.9 Å². The average Bonchev–Trinajstić information content (AvgIpc) is 3.34. The Morgan fingerprint density at radius 3 is 2.85 bits per heavy atom. The van der Waals surface area contributed by atoms with Gasteiger partial charge in [0, 0.05) is 29.7 Å². The number of aromatic nitrogens is 1. The number of aliphatic hydroxyl groups is 1. The number of hydrogen-bond donors (Lipinski definition) is 3. The van der Waals surface area contributed by atoms with Gasteiger partial charge in [-0.2, -0.15) is 0 Å². The van der Waals surface area contributed by atoms with Gasteiger partial charge in [-0.1, -0.05) is 24.3 Å². The fourth-order valence-corrected chi connectivity index (χ4v) is 7.75. The summed E-state index contributed by atoms with van der Waals surface area (Å²) < 4.78 is 22.8. The van der Waals surface area contributed by atoms with E-state index in [0.717, 1.165) is 17.7 Å². The molecule has 2 fully saturated rings. The molecule has 0 radical (unpaired) electrons. The molecule has 0 unspecified atom stereocenters. The van der Waals surface area contributed by atoms with Gasteiger partial charge >= 0.3 is 0 Å². The van der Waals surface area contributed by atoms with E-state index in [0.29, 0.717) is 43.4 Å². The Bertz CT molecular complexity index is 1370. The Balaban J connectivity index is 1.45. The highest BCUT2D eigenvalue weighted by atomic mass is 19.1. The van der Waals surface area contributed by atoms with E-state index in [2.05, 4.69) is 11.5 Å². The van der Waals surface area contributed by atoms with Crippen LogP contribution in [0.2, 0.25) is 0 Å². The maximum atomic E-state index is 14.6. The van der Waals surface area contributed by atoms with Crippen molar-refractivity contribution in [2.75, 3.05) is 13.1 Å². The highest BCUT2D eigenvalue weighted by Gasteiger charge is 2.73. The standard InChI is InChI=1S/C27H27FN2O4/c1-2-11-29-12-10-26-22-15-6-7-19(31)23(22)34-24(26)18(8-9-27(26,33)20(29)13-15)30-14-16-4-3-5-17(28)21(16)25(30)32/h2-7,14,18,20,24,31-33H,1,8-13H2/t18-,20-,24+,26+,27-/m1/s1. The van der Waals surface area contributed by atoms with E-state index in [1.54, 1.807) is 29.0 Å². The highest BCUT2D eigenvalue weighted by Crippen LogP contribution is 2.67. The van der Waals surface area contributed by atoms with Gasteiger partial charge < -0.3 is 24.6 Å². The van der Waals surface area contributed by atoms with Gasteiger partial charge in [0.25, 0.3) is 0 Å². The molecule has 2 bridgehead atoms. The van der Waals surface area contributed by atoms with Crippen LogP contribution in [0.15, 0.2) is 49.2 Å². The summed E-state index contributed by atoms with van der Waals surface area (Å²) >= 11 is 0. The fourth-order valence-electron chi connectivity index (χ4n) is 7.75. The lowest BCUT2D eigenvalue weighted by Gasteiger charge is -2.64. The van der Waals surface area contributed by atoms with E-state index >= 15 is 0 Å². The van der Waals surface area contributed by atoms with Crippen molar-refractivity contribution in [1.29, 1.82) is 0 Å². The SMILES string of the molecule is C=CCN1CC[C@]23c4c5ccc(O)c4O[C@H]2[C@H](n2cc4cccc(F)c4c2O)CC[C@@]3(O)[C@H]1C5. The predicted molar refractivity (Wildman–Crippen MR) is 125 cm³/mol. The first kappa shape index (κ1) is 20.4. The van der Waals surface area contributed by atoms with Crippen molar-refractivity contribution < 1.29 is 24.4 Å². The molecule has 4 aliphatic rings. The van der Waals surface area contributed by atoms with Crippen LogP contribution in [0.4, 0.5) is 4.39 Å². The van der Waals surface area contributed by atoms with Crippen molar-refractivity contribution in [1.82, 2.24) is 9.47 Å². The number of ether oxygens (including phenoxy) is 1. The zero-order valence-corrected chi connectivity index (χ0v) is 18.7. The van der Waals surface area contributed by atoms with Gasteiger partial charge in [-0.15, -0.1) is 6.58 Å². The molecule has 34 heavy (non-hydrogen) atoms. The fraction of sp³-hybridized carbons (Fsp3) is 0.407. The molecule has 1 aromatic heterocycles. The Morgan fingerprint density at radius 2 is 2.06 bits per heavy atom. The van der Waals surface area contributed by atoms with E-state index < -0.39 is 22.9 Å². The summed E-state index contributed by atoms with van der Waals surface area (Å²) in [6.45, 7) is 5.38. The molecule has 0 amide bonds. The van der Waals surface area contributed by atoms with E-state index in [1.165, 1.54) is 6.07 Å². The lowest BCUT2D eigenvalue weighted by Crippen LogP contribution is -2.76. The Kier molecular flexibility index (Phi) is 3.92. The van der Waals surface area contributed by atoms with Crippen LogP contribution in [0.1, 0.15) is 36.4 Å². The van der Waals surface area contributed by atoms with Crippen LogP contribution in [-0.4, -0.2) is 55.6 Å². The van der Waals surface area contributed by atoms with Crippen molar-refractivity contribution in [3.8, 4) is 17.4 Å². The summed E-state index contributed by atoms with van der Waals surface area (Å²) in [5.41, 5.74) is 0.241. The minimum absolute atomic E-state index is 0.0727. The second-order valence-electron chi connectivity index (χ2n) is 10.3. The van der Waals surface area contributed by atoms with Crippen molar-refractivity contribution >= 4 is 10.8 Å². The maximum Gasteiger partial charge on any atom is 0.202 e. The minimum atomic E-state index is -1.05. The zero-order valence-electron chi connectivity index (χ0n) is 18.7. The second kappa shape index (κ2) is 6.55. The molecule has 3 N–H and O–H groups in total. The monoisotopic (exact) mass is 462 g/mol. The number of rotatable bonds is 3. The summed E-state index contributed by atoms with van der Waals surface area (Å²) in [7, 11) is 0. The van der Waals surface area contributed by atoms with Crippen molar-refractivity contribution in [3.63, 3.8) is 0 Å². The van der Waals surface area contributed by atoms with E-state index in [-0.39, 0.29) is 29.1 Å². The minimum Gasteiger partial charge on any atom is -0.504 e. The molecule has 3 heterocycles. The predicted octanol–water partition coefficient (Wildman–Crippen LogP) is 3.77. The molecular weight excluding hydrogens is 435 g/mol. The molecule has 2 aromatic carbocycles. The molecule has 7 rings (SSSR count). The van der Waals surface area contributed by atoms with Gasteiger partial charge in [-0.05, 0) is 49.9 Å². The molecule has 3 aromatic rings. The number of halogens is 1. The molecule has 1 spiro atoms. The topological polar surface area (TPSA) is 78.1 Å². The molecule has 5 atom stereocenters. The summed E-state index contributed by atoms with van der Waals surface area (Å²) in [5.74, 6) is -0.0694. The Morgan fingerprint density at radius 1 is 1.21 bits per heavy atom. The lowest BCUT2D eigenvalue weighted by molar-refractivity contribution is -0.193. The molecule has 1 saturated heterocycles. The quantitative estimate of drug-likeness (QED) is 0.517. The molecule has 7 heteroatoms. The number of phenols is 1. The van der Waals surface area contributed by atoms with Gasteiger partial charge in [0.05, 0.1) is 22.4 Å². The first-order valence-corrected chi connectivity index (χ1v) is 12.0. The summed E-state index contributed by atoms with van der Waals surface area (Å²) in [4.78, 5) is 2.31. The number of nitrogens with zero attached hydrogens (tertiary/aromatic N) is 2. The van der Waals surface area contributed by atoms with Crippen LogP contribution in [0.25, 0.3) is 10.8 Å². The summed E-state index contributed by atoms with van der Waals surface area (Å²) in [5, 5.41) is 35.1. The normalized spacial score (nSPS) is 33.5. The van der Waals surface area contributed by atoms with Crippen molar-refractivity contribution in [2.45, 2.75) is 54.9 Å². The molecule has 6 nitrogen and oxygen atoms in total. The molecule has 2 aliphatic heterocycles. The molecule has 1 saturated carbocycles. The number of aromatic hydroxyl groups is 2. The third kappa shape index (κ3) is 2.18. The second-order valence-corrected chi connectivity index (χ2v) is 10.3. The largest absolute Gasteiger partial charge is 0.504 e. The molecular formula is C27H27FN2O4. The number of likely N-dealkylation sites (tertiary alicyclic amines) is 1. The third-order valence-corrected chi connectivity index (χ3v) is 9.05. The molecule has 2 aliphatic carbocycles. The van der Waals surface area contributed by atoms with Gasteiger partial charge in [0.2, 0.25) is 5.88 Å². The number of hydrogen-bond acceptors (Lipinski definition) is 5. The van der Waals surface area contributed by atoms with Crippen LogP contribution in [0, 0.1) is 5.82 Å². The van der Waals surface area contributed by atoms with Crippen LogP contribution in [0.5, 0.6) is 17.4 Å². The summed E-state index contributed by atoms with van der Waals surface area (Å²) in [6.07, 6.45) is 5.57. The van der Waals surface area contributed by atoms with Crippen molar-refractivity contribution in [3.05, 3.63) is 66.1 Å². The van der Waals surface area contributed by atoms with Crippen LogP contribution in [0.3, 0.4) is 0 Å². The van der Waals surface area contributed by atoms with E-state index in [4.69, 9.17) is 4.74 Å².